The Hall–Kier alpha value is -2.20. The lowest BCUT2D eigenvalue weighted by Gasteiger charge is -2.08. The highest BCUT2D eigenvalue weighted by molar-refractivity contribution is 6.30. The first-order valence-electron chi connectivity index (χ1n) is 4.96. The number of nitrogens with zero attached hydrogens (tertiary/aromatic N) is 2. The van der Waals surface area contributed by atoms with E-state index in [0.717, 1.165) is 12.3 Å². The lowest BCUT2D eigenvalue weighted by molar-refractivity contribution is 0.381. The van der Waals surface area contributed by atoms with Crippen molar-refractivity contribution in [2.24, 2.45) is 0 Å². The van der Waals surface area contributed by atoms with Gasteiger partial charge in [-0.2, -0.15) is 5.26 Å². The fourth-order valence-electron chi connectivity index (χ4n) is 1.52. The topological polar surface area (TPSA) is 36.7 Å². The second-order valence-corrected chi connectivity index (χ2v) is 3.98. The molecular formula is C12H2ClF5N2. The van der Waals surface area contributed by atoms with E-state index in [0.29, 0.717) is 0 Å². The Morgan fingerprint density at radius 2 is 1.45 bits per heavy atom. The van der Waals surface area contributed by atoms with Crippen LogP contribution in [-0.2, 0) is 0 Å². The largest absolute Gasteiger partial charge is 0.243 e. The number of aromatic nitrogens is 1. The fourth-order valence-corrected chi connectivity index (χ4v) is 1.67. The smallest absolute Gasteiger partial charge is 0.200 e. The summed E-state index contributed by atoms with van der Waals surface area (Å²) in [7, 11) is 0. The Balaban J connectivity index is 2.81. The quantitative estimate of drug-likeness (QED) is 0.346. The van der Waals surface area contributed by atoms with E-state index in [9.17, 15) is 22.0 Å². The molecule has 102 valence electrons. The predicted octanol–water partition coefficient (Wildman–Crippen LogP) is 3.97. The summed E-state index contributed by atoms with van der Waals surface area (Å²) < 4.78 is 66.2. The molecule has 0 atom stereocenters. The molecule has 0 fully saturated rings. The van der Waals surface area contributed by atoms with Gasteiger partial charge >= 0.3 is 0 Å². The SMILES string of the molecule is N#Cc1cc(-c2c(F)c(F)c(F)c(F)c2F)cnc1Cl. The molecule has 1 heterocycles. The minimum atomic E-state index is -2.26. The van der Waals surface area contributed by atoms with Gasteiger partial charge in [0, 0.05) is 11.8 Å². The molecule has 0 saturated carbocycles. The number of pyridine rings is 1. The molecule has 8 heteroatoms. The highest BCUT2D eigenvalue weighted by Crippen LogP contribution is 2.32. The van der Waals surface area contributed by atoms with Gasteiger partial charge in [-0.15, -0.1) is 0 Å². The van der Waals surface area contributed by atoms with Crippen LogP contribution in [0.15, 0.2) is 12.3 Å². The van der Waals surface area contributed by atoms with Crippen LogP contribution in [0.4, 0.5) is 22.0 Å². The minimum absolute atomic E-state index is 0.250. The van der Waals surface area contributed by atoms with Gasteiger partial charge in [0.2, 0.25) is 5.82 Å². The van der Waals surface area contributed by atoms with Gasteiger partial charge < -0.3 is 0 Å². The summed E-state index contributed by atoms with van der Waals surface area (Å²) in [6.45, 7) is 0. The summed E-state index contributed by atoms with van der Waals surface area (Å²) >= 11 is 5.52. The summed E-state index contributed by atoms with van der Waals surface area (Å²) in [4.78, 5) is 3.46. The third kappa shape index (κ3) is 2.08. The number of hydrogen-bond donors (Lipinski definition) is 0. The summed E-state index contributed by atoms with van der Waals surface area (Å²) in [6, 6.07) is 2.47. The van der Waals surface area contributed by atoms with E-state index < -0.39 is 40.2 Å². The number of rotatable bonds is 1. The molecule has 1 aromatic carbocycles. The van der Waals surface area contributed by atoms with Gasteiger partial charge in [0.05, 0.1) is 11.1 Å². The number of nitriles is 1. The molecule has 2 aromatic rings. The van der Waals surface area contributed by atoms with E-state index in [-0.39, 0.29) is 10.7 Å². The highest BCUT2D eigenvalue weighted by Gasteiger charge is 2.27. The Bertz CT molecular complexity index is 725. The molecule has 2 nitrogen and oxygen atoms in total. The van der Waals surface area contributed by atoms with Crippen LogP contribution in [0.3, 0.4) is 0 Å². The average Bonchev–Trinajstić information content (AvgIpc) is 2.45. The number of benzene rings is 1. The lowest BCUT2D eigenvalue weighted by atomic mass is 10.0. The monoisotopic (exact) mass is 304 g/mol. The zero-order chi connectivity index (χ0) is 15.0. The maximum Gasteiger partial charge on any atom is 0.200 e. The van der Waals surface area contributed by atoms with Gasteiger partial charge in [0.25, 0.3) is 0 Å². The molecule has 0 radical (unpaired) electrons. The van der Waals surface area contributed by atoms with Crippen LogP contribution in [-0.4, -0.2) is 4.98 Å². The van der Waals surface area contributed by atoms with E-state index in [1.165, 1.54) is 0 Å². The van der Waals surface area contributed by atoms with Gasteiger partial charge in [-0.25, -0.2) is 26.9 Å². The summed E-state index contributed by atoms with van der Waals surface area (Å²) in [5.74, 6) is -10.4. The van der Waals surface area contributed by atoms with Crippen molar-refractivity contribution >= 4 is 11.6 Å². The van der Waals surface area contributed by atoms with E-state index in [1.54, 1.807) is 6.07 Å². The molecule has 0 N–H and O–H groups in total. The number of halogens is 6. The van der Waals surface area contributed by atoms with Gasteiger partial charge in [-0.05, 0) is 6.07 Å². The van der Waals surface area contributed by atoms with Crippen LogP contribution >= 0.6 is 11.6 Å². The molecule has 0 aliphatic heterocycles. The Kier molecular flexibility index (Phi) is 3.59. The van der Waals surface area contributed by atoms with Gasteiger partial charge in [-0.1, -0.05) is 11.6 Å². The molecule has 0 aliphatic carbocycles. The molecule has 20 heavy (non-hydrogen) atoms. The van der Waals surface area contributed by atoms with Crippen molar-refractivity contribution in [2.45, 2.75) is 0 Å². The molecule has 0 saturated heterocycles. The zero-order valence-electron chi connectivity index (χ0n) is 9.32. The van der Waals surface area contributed by atoms with Crippen LogP contribution in [0.1, 0.15) is 5.56 Å². The van der Waals surface area contributed by atoms with Crippen LogP contribution in [0.2, 0.25) is 5.15 Å². The van der Waals surface area contributed by atoms with Crippen LogP contribution in [0.25, 0.3) is 11.1 Å². The highest BCUT2D eigenvalue weighted by atomic mass is 35.5. The second-order valence-electron chi connectivity index (χ2n) is 3.62. The van der Waals surface area contributed by atoms with Crippen LogP contribution in [0, 0.1) is 40.4 Å². The molecule has 2 rings (SSSR count). The normalized spacial score (nSPS) is 10.4. The molecular weight excluding hydrogens is 303 g/mol. The number of hydrogen-bond acceptors (Lipinski definition) is 2. The van der Waals surface area contributed by atoms with E-state index >= 15 is 0 Å². The summed E-state index contributed by atoms with van der Waals surface area (Å²) in [5, 5.41) is 8.46. The molecule has 0 amide bonds. The second kappa shape index (κ2) is 5.06. The first-order valence-corrected chi connectivity index (χ1v) is 5.33. The standard InChI is InChI=1S/C12H2ClF5N2/c13-12-4(2-19)1-5(3-20-12)6-7(14)9(16)11(18)10(17)8(6)15/h1,3H. The first-order chi connectivity index (χ1) is 9.38. The maximum atomic E-state index is 13.6. The fraction of sp³-hybridized carbons (Fsp3) is 0. The average molecular weight is 305 g/mol. The third-order valence-electron chi connectivity index (χ3n) is 2.46. The lowest BCUT2D eigenvalue weighted by Crippen LogP contribution is -2.04. The summed E-state index contributed by atoms with van der Waals surface area (Å²) in [5.41, 5.74) is -1.87. The van der Waals surface area contributed by atoms with Crippen LogP contribution < -0.4 is 0 Å². The first kappa shape index (κ1) is 14.2. The van der Waals surface area contributed by atoms with Crippen molar-refractivity contribution in [3.8, 4) is 17.2 Å². The van der Waals surface area contributed by atoms with Crippen molar-refractivity contribution in [2.75, 3.05) is 0 Å². The molecule has 0 bridgehead atoms. The van der Waals surface area contributed by atoms with Crippen LogP contribution in [0.5, 0.6) is 0 Å². The molecule has 0 unspecified atom stereocenters. The van der Waals surface area contributed by atoms with Crippen molar-refractivity contribution in [3.05, 3.63) is 52.1 Å². The maximum absolute atomic E-state index is 13.6. The zero-order valence-corrected chi connectivity index (χ0v) is 10.1. The Labute approximate surface area is 114 Å². The third-order valence-corrected chi connectivity index (χ3v) is 2.76. The van der Waals surface area contributed by atoms with Crippen molar-refractivity contribution < 1.29 is 22.0 Å². The van der Waals surface area contributed by atoms with Crippen molar-refractivity contribution in [1.29, 1.82) is 5.26 Å². The van der Waals surface area contributed by atoms with E-state index in [4.69, 9.17) is 16.9 Å². The summed E-state index contributed by atoms with van der Waals surface area (Å²) in [6.07, 6.45) is 0.807. The van der Waals surface area contributed by atoms with Gasteiger partial charge in [0.15, 0.2) is 23.3 Å². The van der Waals surface area contributed by atoms with E-state index in [1.807, 2.05) is 0 Å². The predicted molar refractivity (Wildman–Crippen MR) is 59.2 cm³/mol. The molecule has 1 aromatic heterocycles. The van der Waals surface area contributed by atoms with Gasteiger partial charge in [0.1, 0.15) is 11.2 Å². The Morgan fingerprint density at radius 1 is 0.950 bits per heavy atom. The van der Waals surface area contributed by atoms with Crippen molar-refractivity contribution in [1.82, 2.24) is 4.98 Å². The minimum Gasteiger partial charge on any atom is -0.243 e. The Morgan fingerprint density at radius 3 is 1.95 bits per heavy atom. The van der Waals surface area contributed by atoms with Crippen molar-refractivity contribution in [3.63, 3.8) is 0 Å². The van der Waals surface area contributed by atoms with Gasteiger partial charge in [-0.3, -0.25) is 0 Å². The molecule has 0 spiro atoms. The van der Waals surface area contributed by atoms with E-state index in [2.05, 4.69) is 4.98 Å². The molecule has 0 aliphatic rings.